The summed E-state index contributed by atoms with van der Waals surface area (Å²) in [4.78, 5) is 0. The summed E-state index contributed by atoms with van der Waals surface area (Å²) >= 11 is 15.1. The van der Waals surface area contributed by atoms with Crippen molar-refractivity contribution in [1.29, 1.82) is 0 Å². The molecule has 0 N–H and O–H groups in total. The first kappa shape index (κ1) is 21.0. The van der Waals surface area contributed by atoms with Crippen LogP contribution in [0.3, 0.4) is 0 Å². The average Bonchev–Trinajstić information content (AvgIpc) is 3.04. The van der Waals surface area contributed by atoms with Crippen LogP contribution in [0.4, 0.5) is 0 Å². The van der Waals surface area contributed by atoms with Crippen molar-refractivity contribution in [2.75, 3.05) is 0 Å². The molecular formula is C26H28Cl2Si. The van der Waals surface area contributed by atoms with Crippen LogP contribution in [0.5, 0.6) is 0 Å². The van der Waals surface area contributed by atoms with Crippen LogP contribution in [-0.2, 0) is 21.8 Å². The van der Waals surface area contributed by atoms with Crippen LogP contribution >= 0.6 is 23.2 Å². The van der Waals surface area contributed by atoms with Crippen LogP contribution in [0.1, 0.15) is 74.9 Å². The number of allylic oxidation sites excluding steroid dienone is 4. The van der Waals surface area contributed by atoms with E-state index in [2.05, 4.69) is 77.9 Å². The lowest BCUT2D eigenvalue weighted by Crippen LogP contribution is -2.40. The molecule has 2 aromatic carbocycles. The molecule has 0 nitrogen and oxygen atoms in total. The van der Waals surface area contributed by atoms with Gasteiger partial charge in [-0.25, -0.2) is 0 Å². The van der Waals surface area contributed by atoms with E-state index < -0.39 is 8.99 Å². The van der Waals surface area contributed by atoms with E-state index in [0.29, 0.717) is 9.52 Å². The molecule has 0 fully saturated rings. The second kappa shape index (κ2) is 7.15. The Morgan fingerprint density at radius 1 is 0.690 bits per heavy atom. The van der Waals surface area contributed by atoms with Gasteiger partial charge in [0.25, 0.3) is 0 Å². The largest absolute Gasteiger partial charge is 0.118 e. The lowest BCUT2D eigenvalue weighted by atomic mass is 9.98. The minimum absolute atomic E-state index is 0.323. The number of alkyl halides is 2. The molecule has 150 valence electrons. The first-order valence-corrected chi connectivity index (χ1v) is 12.2. The van der Waals surface area contributed by atoms with E-state index >= 15 is 0 Å². The number of hydrogen-bond acceptors (Lipinski definition) is 0. The average molecular weight is 440 g/mol. The van der Waals surface area contributed by atoms with E-state index in [4.69, 9.17) is 23.2 Å². The molecule has 2 unspecified atom stereocenters. The van der Waals surface area contributed by atoms with Crippen molar-refractivity contribution in [3.05, 3.63) is 80.9 Å². The van der Waals surface area contributed by atoms with Crippen molar-refractivity contribution in [2.24, 2.45) is 0 Å². The van der Waals surface area contributed by atoms with Crippen molar-refractivity contribution in [3.8, 4) is 0 Å². The second-order valence-corrected chi connectivity index (χ2v) is 11.8. The number of aryl methyl sites for hydroxylation is 2. The SMILES string of the molecule is CCc1cccc2c1C(C)=C(C)C2(Cl)[Si]C1(Cl)C(C)=C(C)c2c(CC)cccc21. The first-order chi connectivity index (χ1) is 13.7. The molecule has 0 spiro atoms. The van der Waals surface area contributed by atoms with Crippen LogP contribution in [0.15, 0.2) is 47.5 Å². The molecule has 2 aliphatic rings. The van der Waals surface area contributed by atoms with Crippen LogP contribution in [0, 0.1) is 0 Å². The summed E-state index contributed by atoms with van der Waals surface area (Å²) in [7, 11) is 0.323. The molecule has 29 heavy (non-hydrogen) atoms. The molecule has 2 radical (unpaired) electrons. The third-order valence-corrected chi connectivity index (χ3v) is 10.6. The summed E-state index contributed by atoms with van der Waals surface area (Å²) in [5.74, 6) is 0. The van der Waals surface area contributed by atoms with Crippen LogP contribution in [0.2, 0.25) is 0 Å². The van der Waals surface area contributed by atoms with Crippen molar-refractivity contribution in [1.82, 2.24) is 0 Å². The summed E-state index contributed by atoms with van der Waals surface area (Å²) in [6.45, 7) is 13.3. The molecule has 3 heteroatoms. The highest BCUT2D eigenvalue weighted by Crippen LogP contribution is 2.57. The molecule has 4 rings (SSSR count). The molecule has 2 aliphatic carbocycles. The number of benzene rings is 2. The van der Waals surface area contributed by atoms with E-state index in [0.717, 1.165) is 12.8 Å². The Kier molecular flexibility index (Phi) is 5.17. The molecule has 0 heterocycles. The minimum atomic E-state index is -0.558. The highest BCUT2D eigenvalue weighted by molar-refractivity contribution is 6.70. The van der Waals surface area contributed by atoms with E-state index in [1.165, 1.54) is 55.7 Å². The number of hydrogen-bond donors (Lipinski definition) is 0. The van der Waals surface area contributed by atoms with Gasteiger partial charge >= 0.3 is 0 Å². The van der Waals surface area contributed by atoms with Gasteiger partial charge < -0.3 is 0 Å². The Morgan fingerprint density at radius 3 is 1.41 bits per heavy atom. The quantitative estimate of drug-likeness (QED) is 0.340. The predicted octanol–water partition coefficient (Wildman–Crippen LogP) is 7.61. The Balaban J connectivity index is 1.91. The molecule has 0 saturated heterocycles. The number of rotatable bonds is 4. The van der Waals surface area contributed by atoms with Crippen molar-refractivity contribution >= 4 is 43.9 Å². The van der Waals surface area contributed by atoms with Gasteiger partial charge in [0, 0.05) is 0 Å². The van der Waals surface area contributed by atoms with Gasteiger partial charge in [-0.05, 0) is 96.2 Å². The monoisotopic (exact) mass is 438 g/mol. The minimum Gasteiger partial charge on any atom is -0.114 e. The molecule has 0 bridgehead atoms. The zero-order valence-corrected chi connectivity index (χ0v) is 20.6. The Labute approximate surface area is 187 Å². The van der Waals surface area contributed by atoms with Gasteiger partial charge in [-0.15, -0.1) is 23.2 Å². The fourth-order valence-electron chi connectivity index (χ4n) is 5.10. The summed E-state index contributed by atoms with van der Waals surface area (Å²) in [5.41, 5.74) is 13.0. The molecule has 2 aromatic rings. The van der Waals surface area contributed by atoms with E-state index in [1.54, 1.807) is 0 Å². The van der Waals surface area contributed by atoms with Gasteiger partial charge in [-0.2, -0.15) is 0 Å². The van der Waals surface area contributed by atoms with Gasteiger partial charge in [0.1, 0.15) is 9.52 Å². The lowest BCUT2D eigenvalue weighted by Gasteiger charge is -2.35. The number of fused-ring (bicyclic) bond motifs is 2. The van der Waals surface area contributed by atoms with Crippen molar-refractivity contribution in [3.63, 3.8) is 0 Å². The smallest absolute Gasteiger partial charge is 0.114 e. The molecule has 0 aliphatic heterocycles. The Hall–Kier alpha value is -1.28. The summed E-state index contributed by atoms with van der Waals surface area (Å²) < 4.78 is -1.12. The van der Waals surface area contributed by atoms with Gasteiger partial charge in [-0.1, -0.05) is 50.2 Å². The van der Waals surface area contributed by atoms with E-state index in [-0.39, 0.29) is 0 Å². The topological polar surface area (TPSA) is 0 Å². The number of halogens is 2. The highest BCUT2D eigenvalue weighted by Gasteiger charge is 2.51. The van der Waals surface area contributed by atoms with Gasteiger partial charge in [0.2, 0.25) is 0 Å². The summed E-state index contributed by atoms with van der Waals surface area (Å²) in [6.07, 6.45) is 2.02. The fraction of sp³-hybridized carbons (Fsp3) is 0.385. The summed E-state index contributed by atoms with van der Waals surface area (Å²) in [5, 5.41) is 0. The Morgan fingerprint density at radius 2 is 1.07 bits per heavy atom. The molecule has 0 aromatic heterocycles. The molecule has 0 saturated carbocycles. The van der Waals surface area contributed by atoms with E-state index in [9.17, 15) is 0 Å². The molecule has 2 atom stereocenters. The Bertz CT molecular complexity index is 993. The molecule has 0 amide bonds. The predicted molar refractivity (Wildman–Crippen MR) is 129 cm³/mol. The second-order valence-electron chi connectivity index (χ2n) is 8.33. The van der Waals surface area contributed by atoms with Gasteiger partial charge in [0.15, 0.2) is 0 Å². The maximum absolute atomic E-state index is 7.55. The van der Waals surface area contributed by atoms with Crippen molar-refractivity contribution in [2.45, 2.75) is 63.4 Å². The standard InChI is InChI=1S/C26H28Cl2Si/c1-7-19-11-9-13-21-23(19)15(3)17(5)25(21,27)29-26(28)18(6)16(4)24-20(8-2)12-10-14-22(24)26/h9-14H,7-8H2,1-6H3. The zero-order chi connectivity index (χ0) is 21.1. The maximum atomic E-state index is 7.55. The lowest BCUT2D eigenvalue weighted by molar-refractivity contribution is 0.921. The zero-order valence-electron chi connectivity index (χ0n) is 18.1. The fourth-order valence-corrected chi connectivity index (χ4v) is 8.61. The normalized spacial score (nSPS) is 25.7. The third-order valence-electron chi connectivity index (χ3n) is 7.06. The van der Waals surface area contributed by atoms with E-state index in [1.807, 2.05) is 0 Å². The highest BCUT2D eigenvalue weighted by atomic mass is 35.5. The van der Waals surface area contributed by atoms with Gasteiger partial charge in [0.05, 0.1) is 8.99 Å². The third kappa shape index (κ3) is 2.77. The molecular weight excluding hydrogens is 411 g/mol. The summed E-state index contributed by atoms with van der Waals surface area (Å²) in [6, 6.07) is 13.2. The maximum Gasteiger partial charge on any atom is 0.118 e. The van der Waals surface area contributed by atoms with Crippen LogP contribution in [-0.4, -0.2) is 9.52 Å². The van der Waals surface area contributed by atoms with Crippen LogP contribution in [0.25, 0.3) is 11.1 Å². The first-order valence-electron chi connectivity index (χ1n) is 10.5. The van der Waals surface area contributed by atoms with Gasteiger partial charge in [-0.3, -0.25) is 0 Å². The van der Waals surface area contributed by atoms with Crippen LogP contribution < -0.4 is 0 Å². The van der Waals surface area contributed by atoms with Crippen molar-refractivity contribution < 1.29 is 0 Å².